The van der Waals surface area contributed by atoms with Crippen LogP contribution in [0.3, 0.4) is 0 Å². The molecule has 2 aromatic carbocycles. The van der Waals surface area contributed by atoms with Gasteiger partial charge in [-0.15, -0.1) is 0 Å². The lowest BCUT2D eigenvalue weighted by molar-refractivity contribution is -0.0390. The number of nitrogens with zero attached hydrogens (tertiary/aromatic N) is 2. The van der Waals surface area contributed by atoms with Crippen LogP contribution in [0.1, 0.15) is 85.7 Å². The summed E-state index contributed by atoms with van der Waals surface area (Å²) in [5.41, 5.74) is 0.202. The summed E-state index contributed by atoms with van der Waals surface area (Å²) in [6.07, 6.45) is 2.47. The Morgan fingerprint density at radius 2 is 1.48 bits per heavy atom. The van der Waals surface area contributed by atoms with Gasteiger partial charge < -0.3 is 25.3 Å². The molecule has 2 amide bonds. The Kier molecular flexibility index (Phi) is 14.0. The molecule has 0 spiro atoms. The number of aliphatic hydroxyl groups excluding tert-OH is 1. The lowest BCUT2D eigenvalue weighted by Gasteiger charge is -2.40. The van der Waals surface area contributed by atoms with Gasteiger partial charge in [-0.3, -0.25) is 9.59 Å². The topological polar surface area (TPSA) is 93.1 Å². The lowest BCUT2D eigenvalue weighted by Crippen LogP contribution is -2.57. The number of carbonyl (C=O) groups excluding carboxylic acids is 2. The largest absolute Gasteiger partial charge is 0.395 e. The van der Waals surface area contributed by atoms with Gasteiger partial charge in [0.25, 0.3) is 11.8 Å². The Morgan fingerprint density at radius 1 is 0.905 bits per heavy atom. The SMILES string of the molecule is CCCN(CCO)C[C@H](C)C(C)(O)[C@H](Cc1cc(F)cc(F)c1)NC(=O)c1cc(C)cc(C(=O)N(CCC)CCC)c1. The minimum Gasteiger partial charge on any atom is -0.395 e. The van der Waals surface area contributed by atoms with Crippen LogP contribution in [0.4, 0.5) is 8.78 Å². The molecule has 42 heavy (non-hydrogen) atoms. The summed E-state index contributed by atoms with van der Waals surface area (Å²) in [6.45, 7) is 14.1. The molecule has 0 radical (unpaired) electrons. The smallest absolute Gasteiger partial charge is 0.253 e. The fourth-order valence-corrected chi connectivity index (χ4v) is 5.35. The van der Waals surface area contributed by atoms with Gasteiger partial charge in [-0.05, 0) is 93.5 Å². The summed E-state index contributed by atoms with van der Waals surface area (Å²) in [5, 5.41) is 24.3. The molecule has 0 fully saturated rings. The van der Waals surface area contributed by atoms with Gasteiger partial charge >= 0.3 is 0 Å². The standard InChI is InChI=1S/C33H49F2N3O4/c1-7-10-37(13-14-39)22-24(5)33(6,42)30(19-25-17-28(34)21-29(35)18-25)36-31(40)26-15-23(4)16-27(20-26)32(41)38(11-8-2)12-9-3/h15-18,20-21,24,30,39,42H,7-14,19,22H2,1-6H3,(H,36,40)/t24-,30-,33?/m0/s1. The average Bonchev–Trinajstić information content (AvgIpc) is 2.91. The molecule has 3 atom stereocenters. The molecule has 0 bridgehead atoms. The number of hydrogen-bond acceptors (Lipinski definition) is 5. The van der Waals surface area contributed by atoms with Crippen molar-refractivity contribution >= 4 is 11.8 Å². The van der Waals surface area contributed by atoms with Crippen LogP contribution < -0.4 is 5.32 Å². The zero-order chi connectivity index (χ0) is 31.4. The quantitative estimate of drug-likeness (QED) is 0.242. The van der Waals surface area contributed by atoms with Crippen molar-refractivity contribution in [2.45, 2.75) is 78.9 Å². The number of nitrogens with one attached hydrogen (secondary N) is 1. The second kappa shape index (κ2) is 16.7. The molecule has 0 heterocycles. The molecule has 7 nitrogen and oxygen atoms in total. The molecule has 9 heteroatoms. The van der Waals surface area contributed by atoms with Gasteiger partial charge in [-0.25, -0.2) is 8.78 Å². The van der Waals surface area contributed by atoms with Crippen molar-refractivity contribution < 1.29 is 28.6 Å². The molecular weight excluding hydrogens is 540 g/mol. The van der Waals surface area contributed by atoms with Crippen LogP contribution in [0.25, 0.3) is 0 Å². The Labute approximate surface area is 249 Å². The maximum absolute atomic E-state index is 14.1. The fourth-order valence-electron chi connectivity index (χ4n) is 5.35. The van der Waals surface area contributed by atoms with Crippen LogP contribution in [-0.4, -0.2) is 82.8 Å². The van der Waals surface area contributed by atoms with Gasteiger partial charge in [0.15, 0.2) is 0 Å². The maximum Gasteiger partial charge on any atom is 0.253 e. The summed E-state index contributed by atoms with van der Waals surface area (Å²) in [6, 6.07) is 7.24. The highest BCUT2D eigenvalue weighted by atomic mass is 19.1. The number of amides is 2. The van der Waals surface area contributed by atoms with E-state index in [1.807, 2.05) is 39.5 Å². The summed E-state index contributed by atoms with van der Waals surface area (Å²) < 4.78 is 28.2. The third-order valence-electron chi connectivity index (χ3n) is 7.72. The number of aliphatic hydroxyl groups is 2. The van der Waals surface area contributed by atoms with Crippen molar-refractivity contribution in [3.63, 3.8) is 0 Å². The summed E-state index contributed by atoms with van der Waals surface area (Å²) in [5.74, 6) is -2.52. The minimum atomic E-state index is -1.50. The highest BCUT2D eigenvalue weighted by Gasteiger charge is 2.39. The third kappa shape index (κ3) is 10.1. The summed E-state index contributed by atoms with van der Waals surface area (Å²) in [4.78, 5) is 30.8. The molecule has 3 N–H and O–H groups in total. The van der Waals surface area contributed by atoms with Crippen LogP contribution in [0, 0.1) is 24.5 Å². The van der Waals surface area contributed by atoms with Crippen LogP contribution >= 0.6 is 0 Å². The number of hydrogen-bond donors (Lipinski definition) is 3. The fraction of sp³-hybridized carbons (Fsp3) is 0.576. The second-order valence-corrected chi connectivity index (χ2v) is 11.5. The van der Waals surface area contributed by atoms with E-state index in [2.05, 4.69) is 5.32 Å². The van der Waals surface area contributed by atoms with Gasteiger partial charge in [0, 0.05) is 43.4 Å². The Bertz CT molecular complexity index is 1140. The van der Waals surface area contributed by atoms with Crippen molar-refractivity contribution in [2.75, 3.05) is 39.3 Å². The third-order valence-corrected chi connectivity index (χ3v) is 7.72. The van der Waals surface area contributed by atoms with E-state index in [-0.39, 0.29) is 30.4 Å². The van der Waals surface area contributed by atoms with Gasteiger partial charge in [0.2, 0.25) is 0 Å². The first-order chi connectivity index (χ1) is 19.9. The molecule has 0 aliphatic carbocycles. The van der Waals surface area contributed by atoms with Crippen molar-refractivity contribution in [3.05, 3.63) is 70.3 Å². The first-order valence-corrected chi connectivity index (χ1v) is 15.1. The van der Waals surface area contributed by atoms with E-state index >= 15 is 0 Å². The maximum atomic E-state index is 14.1. The van der Waals surface area contributed by atoms with Crippen LogP contribution in [0.15, 0.2) is 36.4 Å². The molecule has 0 saturated heterocycles. The van der Waals surface area contributed by atoms with Crippen molar-refractivity contribution in [1.82, 2.24) is 15.1 Å². The van der Waals surface area contributed by atoms with Gasteiger partial charge in [-0.1, -0.05) is 27.7 Å². The molecule has 0 aliphatic heterocycles. The molecule has 1 unspecified atom stereocenters. The summed E-state index contributed by atoms with van der Waals surface area (Å²) in [7, 11) is 0. The normalized spacial score (nSPS) is 14.4. The highest BCUT2D eigenvalue weighted by molar-refractivity contribution is 6.00. The minimum absolute atomic E-state index is 0.0239. The Morgan fingerprint density at radius 3 is 2.02 bits per heavy atom. The van der Waals surface area contributed by atoms with Crippen LogP contribution in [0.2, 0.25) is 0 Å². The molecule has 0 saturated carbocycles. The number of benzene rings is 2. The first-order valence-electron chi connectivity index (χ1n) is 15.1. The highest BCUT2D eigenvalue weighted by Crippen LogP contribution is 2.26. The monoisotopic (exact) mass is 589 g/mol. The van der Waals surface area contributed by atoms with Crippen LogP contribution in [0.5, 0.6) is 0 Å². The van der Waals surface area contributed by atoms with Gasteiger partial charge in [-0.2, -0.15) is 0 Å². The lowest BCUT2D eigenvalue weighted by atomic mass is 9.80. The molecule has 0 aliphatic rings. The van der Waals surface area contributed by atoms with E-state index in [4.69, 9.17) is 0 Å². The Hall–Kier alpha value is -2.88. The Balaban J connectivity index is 2.44. The molecule has 2 aromatic rings. The van der Waals surface area contributed by atoms with Crippen molar-refractivity contribution in [1.29, 1.82) is 0 Å². The predicted molar refractivity (Wildman–Crippen MR) is 163 cm³/mol. The molecule has 2 rings (SSSR count). The molecular formula is C33H49F2N3O4. The second-order valence-electron chi connectivity index (χ2n) is 11.5. The molecule has 0 aromatic heterocycles. The van der Waals surface area contributed by atoms with E-state index < -0.39 is 29.2 Å². The number of rotatable bonds is 17. The number of aryl methyl sites for hydroxylation is 1. The first kappa shape index (κ1) is 35.3. The summed E-state index contributed by atoms with van der Waals surface area (Å²) >= 11 is 0. The number of halogens is 2. The van der Waals surface area contributed by atoms with Gasteiger partial charge in [0.1, 0.15) is 11.6 Å². The van der Waals surface area contributed by atoms with Crippen molar-refractivity contribution in [3.8, 4) is 0 Å². The zero-order valence-corrected chi connectivity index (χ0v) is 26.1. The predicted octanol–water partition coefficient (Wildman–Crippen LogP) is 4.97. The van der Waals surface area contributed by atoms with E-state index in [0.717, 1.165) is 37.4 Å². The van der Waals surface area contributed by atoms with Crippen molar-refractivity contribution in [2.24, 2.45) is 5.92 Å². The van der Waals surface area contributed by atoms with Crippen LogP contribution in [-0.2, 0) is 6.42 Å². The van der Waals surface area contributed by atoms with E-state index in [0.29, 0.717) is 37.3 Å². The molecule has 234 valence electrons. The average molecular weight is 590 g/mol. The number of carbonyl (C=O) groups is 2. The van der Waals surface area contributed by atoms with Gasteiger partial charge in [0.05, 0.1) is 18.2 Å². The van der Waals surface area contributed by atoms with E-state index in [9.17, 15) is 28.6 Å². The zero-order valence-electron chi connectivity index (χ0n) is 26.1. The van der Waals surface area contributed by atoms with E-state index in [1.165, 1.54) is 12.1 Å². The van der Waals surface area contributed by atoms with E-state index in [1.54, 1.807) is 30.0 Å².